The highest BCUT2D eigenvalue weighted by molar-refractivity contribution is 7.14. The minimum Gasteiger partial charge on any atom is -0.484 e. The number of hydrogen-bond acceptors (Lipinski definition) is 7. The first-order valence-electron chi connectivity index (χ1n) is 11.6. The van der Waals surface area contributed by atoms with E-state index < -0.39 is 0 Å². The summed E-state index contributed by atoms with van der Waals surface area (Å²) in [5, 5.41) is 5.42. The number of anilines is 1. The van der Waals surface area contributed by atoms with Crippen molar-refractivity contribution in [3.05, 3.63) is 40.9 Å². The number of benzene rings is 1. The Bertz CT molecular complexity index is 932. The maximum Gasteiger partial charge on any atom is 0.260 e. The van der Waals surface area contributed by atoms with Gasteiger partial charge in [0.05, 0.1) is 18.9 Å². The predicted octanol–water partition coefficient (Wildman–Crippen LogP) is 3.40. The molecule has 178 valence electrons. The molecule has 2 saturated heterocycles. The summed E-state index contributed by atoms with van der Waals surface area (Å²) in [6, 6.07) is 7.33. The molecule has 0 aliphatic carbocycles. The van der Waals surface area contributed by atoms with Gasteiger partial charge in [-0.15, -0.1) is 11.3 Å². The zero-order chi connectivity index (χ0) is 23.2. The van der Waals surface area contributed by atoms with Crippen molar-refractivity contribution in [3.8, 4) is 5.75 Å². The van der Waals surface area contributed by atoms with Crippen LogP contribution in [0.3, 0.4) is 0 Å². The topological polar surface area (TPSA) is 84.0 Å². The fourth-order valence-electron chi connectivity index (χ4n) is 4.43. The molecule has 0 spiro atoms. The van der Waals surface area contributed by atoms with Crippen LogP contribution < -0.4 is 10.1 Å². The van der Waals surface area contributed by atoms with Gasteiger partial charge in [-0.25, -0.2) is 4.98 Å². The molecule has 2 aliphatic rings. The molecule has 1 aromatic carbocycles. The van der Waals surface area contributed by atoms with E-state index in [1.807, 2.05) is 10.3 Å². The molecular formula is C24H32N4O4S. The number of rotatable bonds is 7. The van der Waals surface area contributed by atoms with Gasteiger partial charge in [0.1, 0.15) is 5.75 Å². The SMILES string of the molecule is CC1CCCC(C)N1C(=O)COc1ccc(C(=O)Nc2nc(CN3CCOCC3)cs2)cc1. The molecule has 0 radical (unpaired) electrons. The number of nitrogens with zero attached hydrogens (tertiary/aromatic N) is 3. The molecule has 1 aromatic heterocycles. The summed E-state index contributed by atoms with van der Waals surface area (Å²) >= 11 is 1.42. The molecule has 3 heterocycles. The Balaban J connectivity index is 1.26. The van der Waals surface area contributed by atoms with Gasteiger partial charge in [-0.2, -0.15) is 0 Å². The summed E-state index contributed by atoms with van der Waals surface area (Å²) in [6.45, 7) is 8.24. The quantitative estimate of drug-likeness (QED) is 0.665. The summed E-state index contributed by atoms with van der Waals surface area (Å²) in [5.41, 5.74) is 1.46. The summed E-state index contributed by atoms with van der Waals surface area (Å²) in [4.78, 5) is 34.0. The minimum absolute atomic E-state index is 0.00522. The third-order valence-electron chi connectivity index (χ3n) is 6.22. The van der Waals surface area contributed by atoms with Crippen LogP contribution in [0, 0.1) is 0 Å². The lowest BCUT2D eigenvalue weighted by Gasteiger charge is -2.38. The van der Waals surface area contributed by atoms with Gasteiger partial charge in [-0.1, -0.05) is 0 Å². The van der Waals surface area contributed by atoms with E-state index in [-0.39, 0.29) is 30.5 Å². The van der Waals surface area contributed by atoms with Gasteiger partial charge in [0.15, 0.2) is 11.7 Å². The normalized spacial score (nSPS) is 21.6. The first-order valence-corrected chi connectivity index (χ1v) is 12.5. The standard InChI is InChI=1S/C24H32N4O4S/c1-17-4-3-5-18(2)28(17)22(29)15-32-21-8-6-19(7-9-21)23(30)26-24-25-20(16-33-24)14-27-10-12-31-13-11-27/h6-9,16-18H,3-5,10-15H2,1-2H3,(H,25,26,30). The molecule has 2 amide bonds. The first kappa shape index (κ1) is 23.7. The Kier molecular flexibility index (Phi) is 7.95. The molecule has 2 fully saturated rings. The monoisotopic (exact) mass is 472 g/mol. The Hall–Kier alpha value is -2.49. The molecule has 2 aromatic rings. The van der Waals surface area contributed by atoms with Crippen molar-refractivity contribution < 1.29 is 19.1 Å². The molecule has 4 rings (SSSR count). The van der Waals surface area contributed by atoms with E-state index in [4.69, 9.17) is 9.47 Å². The fraction of sp³-hybridized carbons (Fsp3) is 0.542. The lowest BCUT2D eigenvalue weighted by molar-refractivity contribution is -0.139. The lowest BCUT2D eigenvalue weighted by Crippen LogP contribution is -2.49. The van der Waals surface area contributed by atoms with E-state index in [0.29, 0.717) is 16.4 Å². The Labute approximate surface area is 198 Å². The predicted molar refractivity (Wildman–Crippen MR) is 128 cm³/mol. The number of nitrogens with one attached hydrogen (secondary N) is 1. The van der Waals surface area contributed by atoms with E-state index in [1.54, 1.807) is 24.3 Å². The van der Waals surface area contributed by atoms with E-state index in [9.17, 15) is 9.59 Å². The van der Waals surface area contributed by atoms with Crippen LogP contribution in [-0.4, -0.2) is 71.6 Å². The average Bonchev–Trinajstić information content (AvgIpc) is 3.25. The number of ether oxygens (including phenoxy) is 2. The third kappa shape index (κ3) is 6.31. The van der Waals surface area contributed by atoms with E-state index in [1.165, 1.54) is 11.3 Å². The highest BCUT2D eigenvalue weighted by Crippen LogP contribution is 2.23. The number of piperidine rings is 1. The van der Waals surface area contributed by atoms with Crippen LogP contribution >= 0.6 is 11.3 Å². The summed E-state index contributed by atoms with van der Waals surface area (Å²) < 4.78 is 11.1. The maximum absolute atomic E-state index is 12.6. The molecule has 1 N–H and O–H groups in total. The van der Waals surface area contributed by atoms with Crippen LogP contribution in [0.4, 0.5) is 5.13 Å². The van der Waals surface area contributed by atoms with Gasteiger partial charge < -0.3 is 14.4 Å². The van der Waals surface area contributed by atoms with Crippen molar-refractivity contribution in [1.82, 2.24) is 14.8 Å². The minimum atomic E-state index is -0.221. The number of likely N-dealkylation sites (tertiary alicyclic amines) is 1. The second kappa shape index (κ2) is 11.1. The molecule has 33 heavy (non-hydrogen) atoms. The number of hydrogen-bond donors (Lipinski definition) is 1. The molecular weight excluding hydrogens is 440 g/mol. The fourth-order valence-corrected chi connectivity index (χ4v) is 5.13. The third-order valence-corrected chi connectivity index (χ3v) is 7.03. The van der Waals surface area contributed by atoms with Gasteiger partial charge in [0, 0.05) is 42.7 Å². The van der Waals surface area contributed by atoms with Crippen molar-refractivity contribution in [2.24, 2.45) is 0 Å². The van der Waals surface area contributed by atoms with Crippen LogP contribution in [0.15, 0.2) is 29.6 Å². The van der Waals surface area contributed by atoms with Crippen LogP contribution in [-0.2, 0) is 16.1 Å². The number of carbonyl (C=O) groups excluding carboxylic acids is 2. The van der Waals surface area contributed by atoms with Crippen molar-refractivity contribution in [2.75, 3.05) is 38.2 Å². The number of aromatic nitrogens is 1. The van der Waals surface area contributed by atoms with Crippen LogP contribution in [0.1, 0.15) is 49.2 Å². The first-order chi connectivity index (χ1) is 16.0. The van der Waals surface area contributed by atoms with E-state index >= 15 is 0 Å². The molecule has 8 nitrogen and oxygen atoms in total. The van der Waals surface area contributed by atoms with Gasteiger partial charge in [0.25, 0.3) is 11.8 Å². The van der Waals surface area contributed by atoms with Crippen molar-refractivity contribution in [1.29, 1.82) is 0 Å². The zero-order valence-corrected chi connectivity index (χ0v) is 20.1. The maximum atomic E-state index is 12.6. The molecule has 2 unspecified atom stereocenters. The second-order valence-electron chi connectivity index (χ2n) is 8.73. The second-order valence-corrected chi connectivity index (χ2v) is 9.59. The molecule has 2 aliphatic heterocycles. The van der Waals surface area contributed by atoms with Crippen LogP contribution in [0.25, 0.3) is 0 Å². The van der Waals surface area contributed by atoms with E-state index in [0.717, 1.165) is 57.8 Å². The number of carbonyl (C=O) groups is 2. The van der Waals surface area contributed by atoms with Gasteiger partial charge >= 0.3 is 0 Å². The average molecular weight is 473 g/mol. The number of thiazole rings is 1. The van der Waals surface area contributed by atoms with Crippen molar-refractivity contribution >= 4 is 28.3 Å². The van der Waals surface area contributed by atoms with Gasteiger partial charge in [-0.05, 0) is 57.4 Å². The summed E-state index contributed by atoms with van der Waals surface area (Å²) in [5.74, 6) is 0.355. The number of amides is 2. The van der Waals surface area contributed by atoms with Crippen LogP contribution in [0.5, 0.6) is 5.75 Å². The van der Waals surface area contributed by atoms with Gasteiger partial charge in [-0.3, -0.25) is 19.8 Å². The highest BCUT2D eigenvalue weighted by atomic mass is 32.1. The number of morpholine rings is 1. The molecule has 0 bridgehead atoms. The Morgan fingerprint density at radius 1 is 1.15 bits per heavy atom. The largest absolute Gasteiger partial charge is 0.484 e. The lowest BCUT2D eigenvalue weighted by atomic mass is 9.97. The highest BCUT2D eigenvalue weighted by Gasteiger charge is 2.29. The van der Waals surface area contributed by atoms with Crippen LogP contribution in [0.2, 0.25) is 0 Å². The molecule has 9 heteroatoms. The Morgan fingerprint density at radius 3 is 2.55 bits per heavy atom. The smallest absolute Gasteiger partial charge is 0.260 e. The van der Waals surface area contributed by atoms with E-state index in [2.05, 4.69) is 29.0 Å². The molecule has 0 saturated carbocycles. The van der Waals surface area contributed by atoms with Crippen molar-refractivity contribution in [3.63, 3.8) is 0 Å². The Morgan fingerprint density at radius 2 is 1.85 bits per heavy atom. The molecule has 2 atom stereocenters. The van der Waals surface area contributed by atoms with Gasteiger partial charge in [0.2, 0.25) is 0 Å². The summed E-state index contributed by atoms with van der Waals surface area (Å²) in [6.07, 6.45) is 3.23. The van der Waals surface area contributed by atoms with Crippen molar-refractivity contribution in [2.45, 2.75) is 51.7 Å². The zero-order valence-electron chi connectivity index (χ0n) is 19.3. The summed E-state index contributed by atoms with van der Waals surface area (Å²) in [7, 11) is 0.